The van der Waals surface area contributed by atoms with Crippen LogP contribution in [0.5, 0.6) is 5.75 Å². The molecule has 210 valence electrons. The van der Waals surface area contributed by atoms with E-state index >= 15 is 0 Å². The molecule has 1 aliphatic heterocycles. The number of likely N-dealkylation sites (tertiary alicyclic amines) is 1. The number of nitrogens with zero attached hydrogens (tertiary/aromatic N) is 3. The first kappa shape index (κ1) is 28.3. The zero-order chi connectivity index (χ0) is 29.0. The van der Waals surface area contributed by atoms with Gasteiger partial charge in [-0.1, -0.05) is 42.5 Å². The molecule has 5 rings (SSSR count). The van der Waals surface area contributed by atoms with Crippen molar-refractivity contribution in [1.82, 2.24) is 14.5 Å². The van der Waals surface area contributed by atoms with Gasteiger partial charge in [0.25, 0.3) is 0 Å². The van der Waals surface area contributed by atoms with E-state index in [0.29, 0.717) is 23.2 Å². The topological polar surface area (TPSA) is 120 Å². The number of methoxy groups -OCH3 is 1. The number of benzene rings is 3. The number of hydrogen-bond donors (Lipinski definition) is 1. The van der Waals surface area contributed by atoms with Crippen LogP contribution in [0.15, 0.2) is 83.1 Å². The fourth-order valence-electron chi connectivity index (χ4n) is 4.84. The van der Waals surface area contributed by atoms with Crippen LogP contribution in [0.4, 0.5) is 0 Å². The van der Waals surface area contributed by atoms with Gasteiger partial charge in [0, 0.05) is 23.3 Å². The number of thiophene rings is 1. The molecule has 1 aromatic heterocycles. The van der Waals surface area contributed by atoms with Crippen LogP contribution in [0.1, 0.15) is 22.4 Å². The smallest absolute Gasteiger partial charge is 0.244 e. The highest BCUT2D eigenvalue weighted by atomic mass is 32.2. The Morgan fingerprint density at radius 2 is 1.90 bits per heavy atom. The molecular weight excluding hydrogens is 560 g/mol. The number of nitrogens with one attached hydrogen (secondary N) is 1. The maximum absolute atomic E-state index is 14.1. The van der Waals surface area contributed by atoms with Gasteiger partial charge in [0.05, 0.1) is 30.7 Å². The molecule has 41 heavy (non-hydrogen) atoms. The van der Waals surface area contributed by atoms with Crippen LogP contribution in [-0.4, -0.2) is 55.7 Å². The van der Waals surface area contributed by atoms with Gasteiger partial charge >= 0.3 is 0 Å². The lowest BCUT2D eigenvalue weighted by molar-refractivity contribution is -0.131. The van der Waals surface area contributed by atoms with Crippen LogP contribution < -0.4 is 10.1 Å². The lowest BCUT2D eigenvalue weighted by atomic mass is 10.1. The zero-order valence-electron chi connectivity index (χ0n) is 22.3. The highest BCUT2D eigenvalue weighted by Crippen LogP contribution is 2.30. The quantitative estimate of drug-likeness (QED) is 0.300. The normalized spacial score (nSPS) is 15.3. The van der Waals surface area contributed by atoms with Gasteiger partial charge < -0.3 is 15.0 Å². The molecule has 1 fully saturated rings. The Labute approximate surface area is 242 Å². The summed E-state index contributed by atoms with van der Waals surface area (Å²) in [6.07, 6.45) is 0.238. The number of ether oxygens (including phenoxy) is 1. The summed E-state index contributed by atoms with van der Waals surface area (Å²) in [4.78, 5) is 29.0. The van der Waals surface area contributed by atoms with Crippen molar-refractivity contribution in [2.75, 3.05) is 20.2 Å². The van der Waals surface area contributed by atoms with E-state index < -0.39 is 28.5 Å². The van der Waals surface area contributed by atoms with Gasteiger partial charge in [-0.05, 0) is 53.1 Å². The van der Waals surface area contributed by atoms with Crippen molar-refractivity contribution in [2.45, 2.75) is 30.4 Å². The monoisotopic (exact) mass is 588 g/mol. The Morgan fingerprint density at radius 3 is 2.63 bits per heavy atom. The van der Waals surface area contributed by atoms with E-state index in [1.54, 1.807) is 34.5 Å². The second-order valence-corrected chi connectivity index (χ2v) is 12.6. The molecule has 1 atom stereocenters. The van der Waals surface area contributed by atoms with Crippen molar-refractivity contribution in [1.29, 1.82) is 5.26 Å². The van der Waals surface area contributed by atoms with Crippen LogP contribution >= 0.6 is 11.3 Å². The molecule has 0 saturated carbocycles. The molecule has 0 spiro atoms. The molecule has 11 heteroatoms. The lowest BCUT2D eigenvalue weighted by Gasteiger charge is -2.27. The summed E-state index contributed by atoms with van der Waals surface area (Å²) in [5.41, 5.74) is 1.38. The van der Waals surface area contributed by atoms with Crippen molar-refractivity contribution in [3.8, 4) is 11.8 Å². The Hall–Kier alpha value is -4.24. The van der Waals surface area contributed by atoms with Gasteiger partial charge in [-0.25, -0.2) is 8.42 Å². The molecule has 2 heterocycles. The van der Waals surface area contributed by atoms with Crippen molar-refractivity contribution < 1.29 is 22.7 Å². The number of amides is 2. The number of rotatable bonds is 10. The highest BCUT2D eigenvalue weighted by Gasteiger charge is 2.43. The van der Waals surface area contributed by atoms with Crippen LogP contribution in [0, 0.1) is 11.3 Å². The van der Waals surface area contributed by atoms with E-state index in [9.17, 15) is 18.0 Å². The van der Waals surface area contributed by atoms with E-state index in [0.717, 1.165) is 20.1 Å². The summed E-state index contributed by atoms with van der Waals surface area (Å²) in [5, 5.41) is 15.1. The summed E-state index contributed by atoms with van der Waals surface area (Å²) < 4.78 is 34.5. The van der Waals surface area contributed by atoms with Gasteiger partial charge in [-0.15, -0.1) is 11.3 Å². The standard InChI is InChI=1S/C30H28N4O5S2/c1-39-25-9-7-23-8-10-27(15-24(23)14-25)41(37,38)34(19-29(35)32-17-21-5-3-2-4-6-21)28-11-12-33(30(28)36)18-26-13-22(16-31)20-40-26/h2-10,13-15,20,28H,11-12,17-19H2,1H3,(H,32,35)/t28-/m0/s1. The second-order valence-electron chi connectivity index (χ2n) is 9.67. The van der Waals surface area contributed by atoms with Crippen LogP contribution in [0.25, 0.3) is 10.8 Å². The van der Waals surface area contributed by atoms with Gasteiger partial charge in [0.15, 0.2) is 0 Å². The minimum absolute atomic E-state index is 0.0164. The third-order valence-corrected chi connectivity index (χ3v) is 9.78. The van der Waals surface area contributed by atoms with Gasteiger partial charge in [0.2, 0.25) is 21.8 Å². The highest BCUT2D eigenvalue weighted by molar-refractivity contribution is 7.89. The van der Waals surface area contributed by atoms with Gasteiger partial charge in [-0.2, -0.15) is 9.57 Å². The summed E-state index contributed by atoms with van der Waals surface area (Å²) in [6, 6.07) is 22.1. The molecule has 9 nitrogen and oxygen atoms in total. The first-order valence-electron chi connectivity index (χ1n) is 12.9. The number of hydrogen-bond acceptors (Lipinski definition) is 7. The first-order chi connectivity index (χ1) is 19.8. The predicted octanol–water partition coefficient (Wildman–Crippen LogP) is 3.89. The van der Waals surface area contributed by atoms with E-state index in [-0.39, 0.29) is 30.3 Å². The molecule has 1 saturated heterocycles. The fraction of sp³-hybridized carbons (Fsp3) is 0.233. The molecule has 0 bridgehead atoms. The van der Waals surface area contributed by atoms with E-state index in [1.165, 1.54) is 30.6 Å². The van der Waals surface area contributed by atoms with E-state index in [4.69, 9.17) is 10.00 Å². The molecule has 2 amide bonds. The largest absolute Gasteiger partial charge is 0.497 e. The Kier molecular flexibility index (Phi) is 8.35. The van der Waals surface area contributed by atoms with Crippen molar-refractivity contribution in [3.05, 3.63) is 94.2 Å². The minimum atomic E-state index is -4.26. The average molecular weight is 589 g/mol. The zero-order valence-corrected chi connectivity index (χ0v) is 24.0. The SMILES string of the molecule is COc1ccc2ccc(S(=O)(=O)N(CC(=O)NCc3ccccc3)[C@H]3CCN(Cc4cc(C#N)cs4)C3=O)cc2c1. The van der Waals surface area contributed by atoms with E-state index in [2.05, 4.69) is 11.4 Å². The number of carbonyl (C=O) groups excluding carboxylic acids is 2. The molecule has 0 unspecified atom stereocenters. The predicted molar refractivity (Wildman–Crippen MR) is 156 cm³/mol. The summed E-state index contributed by atoms with van der Waals surface area (Å²) in [5.74, 6) is -0.305. The number of carbonyl (C=O) groups is 2. The van der Waals surface area contributed by atoms with Gasteiger partial charge in [0.1, 0.15) is 17.9 Å². The van der Waals surface area contributed by atoms with Crippen LogP contribution in [0.2, 0.25) is 0 Å². The summed E-state index contributed by atoms with van der Waals surface area (Å²) in [6.45, 7) is 0.322. The third-order valence-electron chi connectivity index (χ3n) is 7.00. The molecular formula is C30H28N4O5S2. The Balaban J connectivity index is 1.43. The van der Waals surface area contributed by atoms with Crippen LogP contribution in [0.3, 0.4) is 0 Å². The lowest BCUT2D eigenvalue weighted by Crippen LogP contribution is -2.49. The van der Waals surface area contributed by atoms with Crippen molar-refractivity contribution in [2.24, 2.45) is 0 Å². The van der Waals surface area contributed by atoms with Crippen molar-refractivity contribution in [3.63, 3.8) is 0 Å². The maximum Gasteiger partial charge on any atom is 0.244 e. The summed E-state index contributed by atoms with van der Waals surface area (Å²) >= 11 is 1.37. The molecule has 0 radical (unpaired) electrons. The molecule has 0 aliphatic carbocycles. The molecule has 1 aliphatic rings. The first-order valence-corrected chi connectivity index (χ1v) is 15.3. The molecule has 4 aromatic rings. The average Bonchev–Trinajstić information content (AvgIpc) is 3.60. The molecule has 3 aromatic carbocycles. The molecule has 1 N–H and O–H groups in total. The Morgan fingerprint density at radius 1 is 1.12 bits per heavy atom. The van der Waals surface area contributed by atoms with Crippen LogP contribution in [-0.2, 0) is 32.7 Å². The summed E-state index contributed by atoms with van der Waals surface area (Å²) in [7, 11) is -2.72. The van der Waals surface area contributed by atoms with Gasteiger partial charge in [-0.3, -0.25) is 9.59 Å². The Bertz CT molecular complexity index is 1730. The second kappa shape index (κ2) is 12.1. The fourth-order valence-corrected chi connectivity index (χ4v) is 7.27. The minimum Gasteiger partial charge on any atom is -0.497 e. The van der Waals surface area contributed by atoms with Crippen molar-refractivity contribution >= 4 is 43.9 Å². The number of nitriles is 1. The maximum atomic E-state index is 14.1. The third kappa shape index (κ3) is 6.25. The number of sulfonamides is 1. The van der Waals surface area contributed by atoms with E-state index in [1.807, 2.05) is 36.4 Å². The number of fused-ring (bicyclic) bond motifs is 1.